The molecule has 5 nitrogen and oxygen atoms in total. The summed E-state index contributed by atoms with van der Waals surface area (Å²) >= 11 is 0. The fraction of sp³-hybridized carbons (Fsp3) is 0.364. The van der Waals surface area contributed by atoms with Crippen LogP contribution in [-0.2, 0) is 4.79 Å². The summed E-state index contributed by atoms with van der Waals surface area (Å²) in [5.41, 5.74) is 0.775. The highest BCUT2D eigenvalue weighted by molar-refractivity contribution is 5.95. The molecule has 1 aromatic rings. The van der Waals surface area contributed by atoms with Crippen molar-refractivity contribution in [3.05, 3.63) is 23.5 Å². The minimum Gasteiger partial charge on any atom is -0.477 e. The van der Waals surface area contributed by atoms with E-state index in [4.69, 9.17) is 5.11 Å². The number of aromatic nitrogens is 1. The van der Waals surface area contributed by atoms with Crippen LogP contribution in [0.2, 0.25) is 0 Å². The molecule has 2 atom stereocenters. The third kappa shape index (κ3) is 2.41. The number of carbonyl (C=O) groups is 2. The first-order valence-electron chi connectivity index (χ1n) is 5.14. The molecule has 0 spiro atoms. The molecule has 1 saturated carbocycles. The van der Waals surface area contributed by atoms with E-state index in [-0.39, 0.29) is 18.0 Å². The summed E-state index contributed by atoms with van der Waals surface area (Å²) in [6, 6.07) is 1.50. The molecule has 0 unspecified atom stereocenters. The van der Waals surface area contributed by atoms with Gasteiger partial charge in [-0.25, -0.2) is 14.2 Å². The molecule has 2 N–H and O–H groups in total. The summed E-state index contributed by atoms with van der Waals surface area (Å²) in [4.78, 5) is 25.9. The summed E-state index contributed by atoms with van der Waals surface area (Å²) < 4.78 is 12.6. The van der Waals surface area contributed by atoms with Gasteiger partial charge in [0.25, 0.3) is 0 Å². The number of aromatic carboxylic acids is 1. The number of carboxylic acid groups (broad SMARTS) is 1. The van der Waals surface area contributed by atoms with Gasteiger partial charge < -0.3 is 10.4 Å². The van der Waals surface area contributed by atoms with Crippen LogP contribution in [0.15, 0.2) is 12.3 Å². The highest BCUT2D eigenvalue weighted by atomic mass is 19.1. The Balaban J connectivity index is 2.10. The van der Waals surface area contributed by atoms with Crippen LogP contribution in [0.3, 0.4) is 0 Å². The van der Waals surface area contributed by atoms with Crippen molar-refractivity contribution in [2.24, 2.45) is 5.92 Å². The molecule has 1 heterocycles. The number of nitrogens with one attached hydrogen (secondary N) is 1. The summed E-state index contributed by atoms with van der Waals surface area (Å²) in [6.45, 7) is 1.58. The van der Waals surface area contributed by atoms with Crippen molar-refractivity contribution in [1.29, 1.82) is 0 Å². The zero-order valence-corrected chi connectivity index (χ0v) is 9.11. The van der Waals surface area contributed by atoms with E-state index < -0.39 is 18.1 Å². The Hall–Kier alpha value is -1.98. The highest BCUT2D eigenvalue weighted by Gasteiger charge is 2.43. The van der Waals surface area contributed by atoms with Gasteiger partial charge in [-0.1, -0.05) is 0 Å². The smallest absolute Gasteiger partial charge is 0.354 e. The maximum absolute atomic E-state index is 12.6. The minimum atomic E-state index is -1.12. The van der Waals surface area contributed by atoms with Crippen molar-refractivity contribution in [3.8, 4) is 0 Å². The Labute approximate surface area is 96.7 Å². The largest absolute Gasteiger partial charge is 0.477 e. The van der Waals surface area contributed by atoms with Crippen molar-refractivity contribution in [2.45, 2.75) is 19.5 Å². The van der Waals surface area contributed by atoms with E-state index >= 15 is 0 Å². The number of rotatable bonds is 3. The monoisotopic (exact) mass is 238 g/mol. The third-order valence-corrected chi connectivity index (χ3v) is 2.60. The number of carboxylic acids is 1. The SMILES string of the molecule is Cc1cc(NC(=O)[C@@H]2C[C@H]2F)cnc1C(=O)O. The molecule has 0 radical (unpaired) electrons. The number of pyridine rings is 1. The molecule has 6 heteroatoms. The van der Waals surface area contributed by atoms with E-state index in [1.807, 2.05) is 0 Å². The van der Waals surface area contributed by atoms with E-state index in [1.165, 1.54) is 12.3 Å². The summed E-state index contributed by atoms with van der Waals surface area (Å²) in [7, 11) is 0. The molecule has 0 saturated heterocycles. The van der Waals surface area contributed by atoms with Gasteiger partial charge in [-0.05, 0) is 25.0 Å². The molecule has 90 valence electrons. The normalized spacial score (nSPS) is 22.0. The summed E-state index contributed by atoms with van der Waals surface area (Å²) in [5, 5.41) is 11.3. The number of hydrogen-bond acceptors (Lipinski definition) is 3. The number of alkyl halides is 1. The van der Waals surface area contributed by atoms with Gasteiger partial charge in [-0.15, -0.1) is 0 Å². The molecule has 1 amide bonds. The Morgan fingerprint density at radius 2 is 2.24 bits per heavy atom. The third-order valence-electron chi connectivity index (χ3n) is 2.60. The summed E-state index contributed by atoms with van der Waals surface area (Å²) in [6.07, 6.45) is 0.456. The molecular weight excluding hydrogens is 227 g/mol. The van der Waals surface area contributed by atoms with Crippen LogP contribution >= 0.6 is 0 Å². The first-order valence-corrected chi connectivity index (χ1v) is 5.14. The lowest BCUT2D eigenvalue weighted by molar-refractivity contribution is -0.117. The Morgan fingerprint density at radius 1 is 1.59 bits per heavy atom. The summed E-state index contributed by atoms with van der Waals surface area (Å²) in [5.74, 6) is -2.08. The standard InChI is InChI=1S/C11H11FN2O3/c1-5-2-6(4-13-9(5)11(16)17)14-10(15)7-3-8(7)12/h2,4,7-8H,3H2,1H3,(H,14,15)(H,16,17)/t7-,8-/m1/s1. The van der Waals surface area contributed by atoms with Crippen molar-refractivity contribution < 1.29 is 19.1 Å². The van der Waals surface area contributed by atoms with Crippen molar-refractivity contribution in [1.82, 2.24) is 4.98 Å². The number of carbonyl (C=O) groups excluding carboxylic acids is 1. The lowest BCUT2D eigenvalue weighted by atomic mass is 10.2. The van der Waals surface area contributed by atoms with Crippen LogP contribution < -0.4 is 5.32 Å². The Morgan fingerprint density at radius 3 is 2.71 bits per heavy atom. The first kappa shape index (κ1) is 11.5. The van der Waals surface area contributed by atoms with Crippen LogP contribution in [0.1, 0.15) is 22.5 Å². The van der Waals surface area contributed by atoms with Gasteiger partial charge in [-0.3, -0.25) is 4.79 Å². The molecule has 2 rings (SSSR count). The van der Waals surface area contributed by atoms with Gasteiger partial charge in [0.15, 0.2) is 5.69 Å². The fourth-order valence-corrected chi connectivity index (χ4v) is 1.54. The number of halogens is 1. The Kier molecular flexibility index (Phi) is 2.79. The number of nitrogens with zero attached hydrogens (tertiary/aromatic N) is 1. The molecule has 1 fully saturated rings. The molecule has 0 aliphatic heterocycles. The van der Waals surface area contributed by atoms with E-state index in [1.54, 1.807) is 6.92 Å². The molecule has 0 bridgehead atoms. The predicted molar refractivity (Wildman–Crippen MR) is 57.6 cm³/mol. The lowest BCUT2D eigenvalue weighted by Gasteiger charge is -2.06. The van der Waals surface area contributed by atoms with Crippen LogP contribution in [-0.4, -0.2) is 28.1 Å². The van der Waals surface area contributed by atoms with E-state index in [2.05, 4.69) is 10.3 Å². The van der Waals surface area contributed by atoms with E-state index in [0.29, 0.717) is 11.3 Å². The van der Waals surface area contributed by atoms with Gasteiger partial charge in [0.1, 0.15) is 6.17 Å². The molecule has 0 aromatic carbocycles. The Bertz CT molecular complexity index is 490. The number of aryl methyl sites for hydroxylation is 1. The molecule has 1 aliphatic carbocycles. The van der Waals surface area contributed by atoms with Gasteiger partial charge in [0.05, 0.1) is 17.8 Å². The zero-order valence-electron chi connectivity index (χ0n) is 9.11. The average Bonchev–Trinajstić information content (AvgIpc) is 2.95. The zero-order chi connectivity index (χ0) is 12.6. The van der Waals surface area contributed by atoms with Crippen molar-refractivity contribution in [2.75, 3.05) is 5.32 Å². The second kappa shape index (κ2) is 4.12. The highest BCUT2D eigenvalue weighted by Crippen LogP contribution is 2.34. The lowest BCUT2D eigenvalue weighted by Crippen LogP contribution is -2.16. The van der Waals surface area contributed by atoms with E-state index in [0.717, 1.165) is 0 Å². The first-order chi connectivity index (χ1) is 7.99. The van der Waals surface area contributed by atoms with Gasteiger partial charge in [-0.2, -0.15) is 0 Å². The second-order valence-corrected chi connectivity index (χ2v) is 4.04. The number of amides is 1. The number of hydrogen-bond donors (Lipinski definition) is 2. The van der Waals surface area contributed by atoms with Gasteiger partial charge >= 0.3 is 5.97 Å². The minimum absolute atomic E-state index is 0.0576. The predicted octanol–water partition coefficient (Wildman–Crippen LogP) is 1.38. The van der Waals surface area contributed by atoms with Crippen LogP contribution in [0, 0.1) is 12.8 Å². The van der Waals surface area contributed by atoms with Gasteiger partial charge in [0.2, 0.25) is 5.91 Å². The second-order valence-electron chi connectivity index (χ2n) is 4.04. The molecular formula is C11H11FN2O3. The topological polar surface area (TPSA) is 79.3 Å². The molecule has 1 aliphatic rings. The molecule has 17 heavy (non-hydrogen) atoms. The maximum atomic E-state index is 12.6. The van der Waals surface area contributed by atoms with Crippen LogP contribution in [0.5, 0.6) is 0 Å². The van der Waals surface area contributed by atoms with Crippen molar-refractivity contribution in [3.63, 3.8) is 0 Å². The van der Waals surface area contributed by atoms with Crippen molar-refractivity contribution >= 4 is 17.6 Å². The van der Waals surface area contributed by atoms with E-state index in [9.17, 15) is 14.0 Å². The number of anilines is 1. The van der Waals surface area contributed by atoms with Gasteiger partial charge in [0, 0.05) is 0 Å². The fourth-order valence-electron chi connectivity index (χ4n) is 1.54. The van der Waals surface area contributed by atoms with Crippen LogP contribution in [0.4, 0.5) is 10.1 Å². The van der Waals surface area contributed by atoms with Crippen LogP contribution in [0.25, 0.3) is 0 Å². The average molecular weight is 238 g/mol. The maximum Gasteiger partial charge on any atom is 0.354 e. The quantitative estimate of drug-likeness (QED) is 0.833. The molecule has 1 aromatic heterocycles.